The predicted octanol–water partition coefficient (Wildman–Crippen LogP) is 18.0. The fourth-order valence-electron chi connectivity index (χ4n) is 7.35. The van der Waals surface area contributed by atoms with Gasteiger partial charge in [0.05, 0.1) is 0 Å². The van der Waals surface area contributed by atoms with Crippen LogP contribution in [0.2, 0.25) is 0 Å². The molecular weight excluding hydrogens is 805 g/mol. The van der Waals surface area contributed by atoms with Gasteiger partial charge < -0.3 is 14.2 Å². The number of unbranched alkanes of at least 4 members (excludes halogenated alkanes) is 23. The van der Waals surface area contributed by atoms with E-state index in [-0.39, 0.29) is 37.5 Å². The molecular formula is C59H100O6. The molecule has 0 aliphatic carbocycles. The summed E-state index contributed by atoms with van der Waals surface area (Å²) in [5.41, 5.74) is 0. The van der Waals surface area contributed by atoms with Crippen LogP contribution >= 0.6 is 0 Å². The minimum atomic E-state index is -0.811. The standard InChI is InChI=1S/C59H100O6/c1-4-7-10-13-16-19-22-25-27-28-29-30-32-34-37-40-43-46-49-52-58(61)64-55-56(54-63-57(60)51-48-45-42-39-36-33-24-21-18-15-12-9-6-3)65-59(62)53-50-47-44-41-38-35-31-26-23-20-17-14-11-8-5-2/h7,10,16,19,25,27,29-30,33-34,36-37,42,45,56H,4-6,8-9,11-15,17-18,20-24,26,28,31-32,35,38-41,43-44,46-55H2,1-3H3/b10-7+,19-16+,27-25+,30-29+,36-33+,37-34+,45-42+. The molecule has 0 amide bonds. The number of hydrogen-bond donors (Lipinski definition) is 0. The highest BCUT2D eigenvalue weighted by atomic mass is 16.6. The van der Waals surface area contributed by atoms with Crippen molar-refractivity contribution in [1.29, 1.82) is 0 Å². The van der Waals surface area contributed by atoms with Gasteiger partial charge in [-0.15, -0.1) is 0 Å². The van der Waals surface area contributed by atoms with Crippen LogP contribution in [0.15, 0.2) is 85.1 Å². The molecule has 0 heterocycles. The Hall–Kier alpha value is -3.41. The van der Waals surface area contributed by atoms with Crippen molar-refractivity contribution in [2.45, 2.75) is 258 Å². The summed E-state index contributed by atoms with van der Waals surface area (Å²) in [5.74, 6) is -1.00. The minimum Gasteiger partial charge on any atom is -0.462 e. The first-order chi connectivity index (χ1) is 32.0. The Kier molecular flexibility index (Phi) is 50.4. The average Bonchev–Trinajstić information content (AvgIpc) is 3.30. The second-order valence-corrected chi connectivity index (χ2v) is 17.8. The van der Waals surface area contributed by atoms with Crippen LogP contribution in [0.1, 0.15) is 252 Å². The van der Waals surface area contributed by atoms with Crippen molar-refractivity contribution in [1.82, 2.24) is 0 Å². The van der Waals surface area contributed by atoms with E-state index in [9.17, 15) is 14.4 Å². The number of carbonyl (C=O) groups excluding carboxylic acids is 3. The highest BCUT2D eigenvalue weighted by Crippen LogP contribution is 2.15. The maximum Gasteiger partial charge on any atom is 0.306 e. The Morgan fingerprint density at radius 3 is 1.05 bits per heavy atom. The fraction of sp³-hybridized carbons (Fsp3) is 0.712. The van der Waals surface area contributed by atoms with Gasteiger partial charge in [0.2, 0.25) is 0 Å². The van der Waals surface area contributed by atoms with Crippen LogP contribution in [0.4, 0.5) is 0 Å². The van der Waals surface area contributed by atoms with Crippen LogP contribution in [-0.2, 0) is 28.6 Å². The van der Waals surface area contributed by atoms with E-state index in [1.54, 1.807) is 0 Å². The van der Waals surface area contributed by atoms with Crippen molar-refractivity contribution in [3.8, 4) is 0 Å². The van der Waals surface area contributed by atoms with E-state index in [4.69, 9.17) is 14.2 Å². The average molecular weight is 905 g/mol. The summed E-state index contributed by atoms with van der Waals surface area (Å²) in [6.45, 7) is 6.44. The lowest BCUT2D eigenvalue weighted by molar-refractivity contribution is -0.166. The first kappa shape index (κ1) is 61.6. The number of hydrogen-bond acceptors (Lipinski definition) is 6. The molecule has 0 aliphatic heterocycles. The highest BCUT2D eigenvalue weighted by molar-refractivity contribution is 5.71. The van der Waals surface area contributed by atoms with Gasteiger partial charge in [0.1, 0.15) is 13.2 Å². The molecule has 0 spiro atoms. The molecule has 372 valence electrons. The first-order valence-corrected chi connectivity index (χ1v) is 27.1. The van der Waals surface area contributed by atoms with Gasteiger partial charge in [0.25, 0.3) is 0 Å². The zero-order valence-electron chi connectivity index (χ0n) is 42.5. The van der Waals surface area contributed by atoms with E-state index in [0.29, 0.717) is 19.3 Å². The van der Waals surface area contributed by atoms with Crippen molar-refractivity contribution < 1.29 is 28.6 Å². The molecule has 0 aromatic heterocycles. The molecule has 0 rings (SSSR count). The van der Waals surface area contributed by atoms with Crippen LogP contribution in [0, 0.1) is 0 Å². The van der Waals surface area contributed by atoms with Gasteiger partial charge in [0.15, 0.2) is 6.10 Å². The Balaban J connectivity index is 4.48. The monoisotopic (exact) mass is 905 g/mol. The first-order valence-electron chi connectivity index (χ1n) is 27.1. The van der Waals surface area contributed by atoms with Crippen molar-refractivity contribution >= 4 is 17.9 Å². The Bertz CT molecular complexity index is 1270. The molecule has 0 aromatic rings. The minimum absolute atomic E-state index is 0.109. The molecule has 1 atom stereocenters. The predicted molar refractivity (Wildman–Crippen MR) is 279 cm³/mol. The molecule has 6 heteroatoms. The van der Waals surface area contributed by atoms with Gasteiger partial charge in [0, 0.05) is 19.3 Å². The van der Waals surface area contributed by atoms with Crippen molar-refractivity contribution in [2.75, 3.05) is 13.2 Å². The maximum absolute atomic E-state index is 12.8. The number of carbonyl (C=O) groups is 3. The smallest absolute Gasteiger partial charge is 0.306 e. The summed E-state index contributed by atoms with van der Waals surface area (Å²) in [6, 6.07) is 0. The lowest BCUT2D eigenvalue weighted by atomic mass is 10.0. The van der Waals surface area contributed by atoms with Gasteiger partial charge in [-0.1, -0.05) is 234 Å². The zero-order valence-corrected chi connectivity index (χ0v) is 42.5. The van der Waals surface area contributed by atoms with Crippen LogP contribution < -0.4 is 0 Å². The summed E-state index contributed by atoms with van der Waals surface area (Å²) < 4.78 is 16.7. The summed E-state index contributed by atoms with van der Waals surface area (Å²) in [5, 5.41) is 0. The van der Waals surface area contributed by atoms with Gasteiger partial charge >= 0.3 is 17.9 Å². The lowest BCUT2D eigenvalue weighted by Gasteiger charge is -2.18. The zero-order chi connectivity index (χ0) is 47.2. The molecule has 0 N–H and O–H groups in total. The third-order valence-corrected chi connectivity index (χ3v) is 11.4. The second kappa shape index (κ2) is 53.2. The quantitative estimate of drug-likeness (QED) is 0.0262. The van der Waals surface area contributed by atoms with Crippen molar-refractivity contribution in [2.24, 2.45) is 0 Å². The Morgan fingerprint density at radius 2 is 0.631 bits per heavy atom. The Labute approximate surface area is 401 Å². The molecule has 65 heavy (non-hydrogen) atoms. The highest BCUT2D eigenvalue weighted by Gasteiger charge is 2.19. The number of ether oxygens (including phenoxy) is 3. The van der Waals surface area contributed by atoms with Gasteiger partial charge in [-0.25, -0.2) is 0 Å². The molecule has 0 saturated carbocycles. The fourth-order valence-corrected chi connectivity index (χ4v) is 7.35. The number of rotatable bonds is 48. The lowest BCUT2D eigenvalue weighted by Crippen LogP contribution is -2.30. The third kappa shape index (κ3) is 51.4. The molecule has 0 bridgehead atoms. The summed E-state index contributed by atoms with van der Waals surface area (Å²) in [6.07, 6.45) is 68.7. The van der Waals surface area contributed by atoms with Crippen LogP contribution in [0.5, 0.6) is 0 Å². The number of allylic oxidation sites excluding steroid dienone is 14. The third-order valence-electron chi connectivity index (χ3n) is 11.4. The van der Waals surface area contributed by atoms with Crippen LogP contribution in [0.25, 0.3) is 0 Å². The maximum atomic E-state index is 12.8. The van der Waals surface area contributed by atoms with E-state index < -0.39 is 6.10 Å². The Morgan fingerprint density at radius 1 is 0.323 bits per heavy atom. The van der Waals surface area contributed by atoms with Gasteiger partial charge in [-0.2, -0.15) is 0 Å². The summed E-state index contributed by atoms with van der Waals surface area (Å²) in [7, 11) is 0. The number of esters is 3. The van der Waals surface area contributed by atoms with E-state index in [2.05, 4.69) is 99.8 Å². The van der Waals surface area contributed by atoms with E-state index in [1.165, 1.54) is 116 Å². The molecule has 0 radical (unpaired) electrons. The summed E-state index contributed by atoms with van der Waals surface area (Å²) >= 11 is 0. The van der Waals surface area contributed by atoms with E-state index >= 15 is 0 Å². The van der Waals surface area contributed by atoms with Gasteiger partial charge in [-0.3, -0.25) is 14.4 Å². The van der Waals surface area contributed by atoms with Gasteiger partial charge in [-0.05, 0) is 83.5 Å². The second-order valence-electron chi connectivity index (χ2n) is 17.8. The van der Waals surface area contributed by atoms with Crippen molar-refractivity contribution in [3.63, 3.8) is 0 Å². The molecule has 0 aromatic carbocycles. The van der Waals surface area contributed by atoms with E-state index in [0.717, 1.165) is 89.9 Å². The topological polar surface area (TPSA) is 78.9 Å². The molecule has 6 nitrogen and oxygen atoms in total. The van der Waals surface area contributed by atoms with Crippen LogP contribution in [0.3, 0.4) is 0 Å². The molecule has 1 unspecified atom stereocenters. The van der Waals surface area contributed by atoms with E-state index in [1.807, 2.05) is 6.08 Å². The SMILES string of the molecule is CC/C=C/C/C=C/C/C=C/C/C=C/C/C=C/CCCCCC(=O)OCC(COC(=O)CC/C=C/C/C=C/CCCCCCCC)OC(=O)CCCCCCCCCCCCCCCCC. The van der Waals surface area contributed by atoms with Crippen molar-refractivity contribution in [3.05, 3.63) is 85.1 Å². The molecule has 0 aliphatic rings. The normalized spacial score (nSPS) is 12.7. The molecule has 0 fully saturated rings. The summed E-state index contributed by atoms with van der Waals surface area (Å²) in [4.78, 5) is 38.0. The largest absolute Gasteiger partial charge is 0.462 e. The molecule has 0 saturated heterocycles. The van der Waals surface area contributed by atoms with Crippen LogP contribution in [-0.4, -0.2) is 37.2 Å².